The van der Waals surface area contributed by atoms with E-state index in [-0.39, 0.29) is 19.5 Å². The molecule has 2 fully saturated rings. The summed E-state index contributed by atoms with van der Waals surface area (Å²) < 4.78 is 39.7. The van der Waals surface area contributed by atoms with Crippen LogP contribution in [0.4, 0.5) is 13.2 Å². The highest BCUT2D eigenvalue weighted by Gasteiger charge is 2.61. The lowest BCUT2D eigenvalue weighted by Gasteiger charge is -2.32. The molecule has 4 nitrogen and oxygen atoms in total. The zero-order valence-corrected chi connectivity index (χ0v) is 11.3. The zero-order chi connectivity index (χ0) is 14.8. The van der Waals surface area contributed by atoms with E-state index in [1.165, 1.54) is 0 Å². The number of alkyl halides is 3. The van der Waals surface area contributed by atoms with Gasteiger partial charge in [0.25, 0.3) is 0 Å². The van der Waals surface area contributed by atoms with Crippen LogP contribution in [0.5, 0.6) is 0 Å². The second kappa shape index (κ2) is 5.89. The van der Waals surface area contributed by atoms with Crippen molar-refractivity contribution in [1.29, 1.82) is 0 Å². The standard InChI is InChI=1S/C13H21F3N2O2/c14-13(15,16)12(6-7-17-8-12)11(20)18-9-4-2-1-3-5-10(9)19/h9-10,17,19H,1-8H2,(H,18,20). The van der Waals surface area contributed by atoms with Crippen molar-refractivity contribution in [3.05, 3.63) is 0 Å². The molecule has 3 unspecified atom stereocenters. The Kier molecular flexibility index (Phi) is 4.59. The maximum Gasteiger partial charge on any atom is 0.404 e. The van der Waals surface area contributed by atoms with Crippen LogP contribution >= 0.6 is 0 Å². The third-order valence-electron chi connectivity index (χ3n) is 4.43. The van der Waals surface area contributed by atoms with Crippen LogP contribution in [-0.2, 0) is 4.79 Å². The van der Waals surface area contributed by atoms with Gasteiger partial charge in [0.05, 0.1) is 12.1 Å². The fraction of sp³-hybridized carbons (Fsp3) is 0.923. The maximum absolute atomic E-state index is 13.2. The summed E-state index contributed by atoms with van der Waals surface area (Å²) in [5.74, 6) is -0.999. The highest BCUT2D eigenvalue weighted by molar-refractivity contribution is 5.84. The van der Waals surface area contributed by atoms with Gasteiger partial charge in [-0.05, 0) is 25.8 Å². The van der Waals surface area contributed by atoms with Crippen molar-refractivity contribution in [2.75, 3.05) is 13.1 Å². The van der Waals surface area contributed by atoms with E-state index in [0.717, 1.165) is 19.3 Å². The number of carbonyl (C=O) groups is 1. The number of hydrogen-bond acceptors (Lipinski definition) is 3. The van der Waals surface area contributed by atoms with Crippen molar-refractivity contribution < 1.29 is 23.1 Å². The second-order valence-corrected chi connectivity index (χ2v) is 5.79. The Labute approximate surface area is 116 Å². The van der Waals surface area contributed by atoms with E-state index in [9.17, 15) is 23.1 Å². The van der Waals surface area contributed by atoms with E-state index in [1.54, 1.807) is 0 Å². The average molecular weight is 294 g/mol. The molecule has 7 heteroatoms. The highest BCUT2D eigenvalue weighted by Crippen LogP contribution is 2.43. The lowest BCUT2D eigenvalue weighted by molar-refractivity contribution is -0.216. The van der Waals surface area contributed by atoms with Gasteiger partial charge in [-0.25, -0.2) is 0 Å². The van der Waals surface area contributed by atoms with Crippen molar-refractivity contribution in [3.63, 3.8) is 0 Å². The zero-order valence-electron chi connectivity index (χ0n) is 11.3. The SMILES string of the molecule is O=C(NC1CCCCCC1O)C1(C(F)(F)F)CCNC1. The number of nitrogens with one attached hydrogen (secondary N) is 2. The molecular formula is C13H21F3N2O2. The topological polar surface area (TPSA) is 61.4 Å². The van der Waals surface area contributed by atoms with Crippen molar-refractivity contribution in [1.82, 2.24) is 10.6 Å². The minimum absolute atomic E-state index is 0.181. The van der Waals surface area contributed by atoms with E-state index < -0.39 is 29.6 Å². The molecule has 0 aromatic rings. The average Bonchev–Trinajstić information content (AvgIpc) is 2.79. The summed E-state index contributed by atoms with van der Waals surface area (Å²) in [5, 5.41) is 15.0. The molecule has 20 heavy (non-hydrogen) atoms. The molecule has 1 amide bonds. The summed E-state index contributed by atoms with van der Waals surface area (Å²) in [5.41, 5.74) is -2.35. The van der Waals surface area contributed by atoms with Crippen molar-refractivity contribution >= 4 is 5.91 Å². The first-order valence-electron chi connectivity index (χ1n) is 7.13. The molecule has 116 valence electrons. The van der Waals surface area contributed by atoms with Gasteiger partial charge in [-0.1, -0.05) is 19.3 Å². The van der Waals surface area contributed by atoms with Crippen LogP contribution in [0.1, 0.15) is 38.5 Å². The Morgan fingerprint density at radius 1 is 1.25 bits per heavy atom. The Hall–Kier alpha value is -0.820. The minimum atomic E-state index is -4.57. The number of halogens is 3. The van der Waals surface area contributed by atoms with Gasteiger partial charge in [0.1, 0.15) is 0 Å². The molecule has 0 aromatic carbocycles. The Balaban J connectivity index is 2.09. The molecule has 1 saturated heterocycles. The van der Waals surface area contributed by atoms with Crippen LogP contribution in [0.25, 0.3) is 0 Å². The number of aliphatic hydroxyl groups is 1. The van der Waals surface area contributed by atoms with Gasteiger partial charge in [0.15, 0.2) is 5.41 Å². The van der Waals surface area contributed by atoms with Gasteiger partial charge >= 0.3 is 6.18 Å². The molecule has 2 aliphatic rings. The van der Waals surface area contributed by atoms with Gasteiger partial charge in [-0.15, -0.1) is 0 Å². The van der Waals surface area contributed by atoms with Crippen molar-refractivity contribution in [2.45, 2.75) is 56.8 Å². The van der Waals surface area contributed by atoms with Crippen LogP contribution in [0.15, 0.2) is 0 Å². The fourth-order valence-corrected chi connectivity index (χ4v) is 3.02. The Morgan fingerprint density at radius 2 is 1.95 bits per heavy atom. The van der Waals surface area contributed by atoms with Gasteiger partial charge in [0, 0.05) is 6.54 Å². The molecule has 0 bridgehead atoms. The normalized spacial score (nSPS) is 35.6. The van der Waals surface area contributed by atoms with E-state index in [1.807, 2.05) is 0 Å². The number of aliphatic hydroxyl groups excluding tert-OH is 1. The van der Waals surface area contributed by atoms with Crippen LogP contribution < -0.4 is 10.6 Å². The Morgan fingerprint density at radius 3 is 2.55 bits per heavy atom. The first kappa shape index (κ1) is 15.6. The predicted molar refractivity (Wildman–Crippen MR) is 67.0 cm³/mol. The van der Waals surface area contributed by atoms with Crippen LogP contribution in [0, 0.1) is 5.41 Å². The maximum atomic E-state index is 13.2. The monoisotopic (exact) mass is 294 g/mol. The van der Waals surface area contributed by atoms with Crippen molar-refractivity contribution in [3.8, 4) is 0 Å². The highest BCUT2D eigenvalue weighted by atomic mass is 19.4. The van der Waals surface area contributed by atoms with E-state index in [0.29, 0.717) is 12.8 Å². The first-order chi connectivity index (χ1) is 9.37. The molecule has 1 heterocycles. The first-order valence-corrected chi connectivity index (χ1v) is 7.13. The number of carbonyl (C=O) groups excluding carboxylic acids is 1. The molecule has 0 aromatic heterocycles. The quantitative estimate of drug-likeness (QED) is 0.674. The summed E-state index contributed by atoms with van der Waals surface area (Å²) in [6.45, 7) is -0.203. The summed E-state index contributed by atoms with van der Waals surface area (Å²) in [4.78, 5) is 12.2. The molecule has 2 rings (SSSR count). The molecule has 0 radical (unpaired) electrons. The van der Waals surface area contributed by atoms with Gasteiger partial charge in [-0.3, -0.25) is 4.79 Å². The smallest absolute Gasteiger partial charge is 0.391 e. The molecular weight excluding hydrogens is 273 g/mol. The molecule has 1 saturated carbocycles. The molecule has 1 aliphatic heterocycles. The third kappa shape index (κ3) is 2.93. The van der Waals surface area contributed by atoms with E-state index in [4.69, 9.17) is 0 Å². The minimum Gasteiger partial charge on any atom is -0.391 e. The second-order valence-electron chi connectivity index (χ2n) is 5.79. The summed E-state index contributed by atoms with van der Waals surface area (Å²) in [6, 6.07) is -0.565. The van der Waals surface area contributed by atoms with Gasteiger partial charge < -0.3 is 15.7 Å². The summed E-state index contributed by atoms with van der Waals surface area (Å²) >= 11 is 0. The lowest BCUT2D eigenvalue weighted by Crippen LogP contribution is -2.56. The van der Waals surface area contributed by atoms with Crippen molar-refractivity contribution in [2.24, 2.45) is 5.41 Å². The van der Waals surface area contributed by atoms with Gasteiger partial charge in [-0.2, -0.15) is 13.2 Å². The predicted octanol–water partition coefficient (Wildman–Crippen LogP) is 1.34. The third-order valence-corrected chi connectivity index (χ3v) is 4.43. The van der Waals surface area contributed by atoms with E-state index >= 15 is 0 Å². The summed E-state index contributed by atoms with van der Waals surface area (Å²) in [7, 11) is 0. The number of hydrogen-bond donors (Lipinski definition) is 3. The molecule has 3 atom stereocenters. The van der Waals surface area contributed by atoms with Gasteiger partial charge in [0.2, 0.25) is 5.91 Å². The van der Waals surface area contributed by atoms with Crippen LogP contribution in [-0.4, -0.2) is 42.4 Å². The van der Waals surface area contributed by atoms with Crippen LogP contribution in [0.3, 0.4) is 0 Å². The largest absolute Gasteiger partial charge is 0.404 e. The Bertz CT molecular complexity index is 354. The summed E-state index contributed by atoms with van der Waals surface area (Å²) in [6.07, 6.45) is -1.90. The fourth-order valence-electron chi connectivity index (χ4n) is 3.02. The number of rotatable bonds is 2. The van der Waals surface area contributed by atoms with E-state index in [2.05, 4.69) is 10.6 Å². The molecule has 3 N–H and O–H groups in total. The number of amides is 1. The molecule has 0 spiro atoms. The lowest BCUT2D eigenvalue weighted by atomic mass is 9.84. The molecule has 1 aliphatic carbocycles. The van der Waals surface area contributed by atoms with Crippen LogP contribution in [0.2, 0.25) is 0 Å².